The first kappa shape index (κ1) is 64.1. The number of benzene rings is 4. The molecule has 23 heteroatoms. The van der Waals surface area contributed by atoms with Gasteiger partial charge in [0.2, 0.25) is 5.91 Å². The number of piperazine rings is 2. The van der Waals surface area contributed by atoms with Gasteiger partial charge in [0.25, 0.3) is 0 Å². The van der Waals surface area contributed by atoms with Gasteiger partial charge in [-0.15, -0.1) is 0 Å². The highest BCUT2D eigenvalue weighted by Crippen LogP contribution is 2.31. The summed E-state index contributed by atoms with van der Waals surface area (Å²) >= 11 is 0. The van der Waals surface area contributed by atoms with Crippen molar-refractivity contribution >= 4 is 59.0 Å². The van der Waals surface area contributed by atoms with Crippen LogP contribution in [0.3, 0.4) is 0 Å². The maximum atomic E-state index is 15.2. The number of alkyl carbamates (subject to hydrolysis) is 2. The molecule has 5 amide bonds. The standard InChI is InChI=1S/C30H39FN4O6.C19H27FN4O4.C11H14O3/c1-30(2,3)41-28(37)32-19-24-20-35(29(38)40-24)22-10-13-26(25(31)18-22)33-14-16-34(17-15-33)27(36)7-5-6-21-8-11-23(39-4)12-9-21;1-19(2,3)28-17(25)22-11-14-12-24(18(26)27-14)13-4-5-16(15(20)10-13)23-8-6-21-7-9-23;1-14-10-7-5-9(6-8-10)3-2-4-11(12)13/h8-13,18,24H,5-7,14-17,19-20H2,1-4H3,(H,32,37);4-5,10,14,21H,6-9,11-12H2,1-3H3,(H,22,25);5-8H,2-4H2,1H3,(H,12,13)/t24-;14-;/m00./s1. The van der Waals surface area contributed by atoms with E-state index in [2.05, 4.69) is 16.0 Å². The van der Waals surface area contributed by atoms with Crippen LogP contribution in [-0.4, -0.2) is 162 Å². The van der Waals surface area contributed by atoms with Crippen LogP contribution in [0.15, 0.2) is 84.9 Å². The number of rotatable bonds is 18. The molecule has 4 aliphatic rings. The van der Waals surface area contributed by atoms with Gasteiger partial charge in [-0.1, -0.05) is 24.3 Å². The Labute approximate surface area is 484 Å². The van der Waals surface area contributed by atoms with Gasteiger partial charge in [-0.25, -0.2) is 28.0 Å². The highest BCUT2D eigenvalue weighted by Gasteiger charge is 2.35. The molecule has 0 radical (unpaired) electrons. The van der Waals surface area contributed by atoms with Crippen LogP contribution in [0.5, 0.6) is 11.5 Å². The predicted molar refractivity (Wildman–Crippen MR) is 310 cm³/mol. The summed E-state index contributed by atoms with van der Waals surface area (Å²) in [4.78, 5) is 79.7. The molecule has 0 aromatic heterocycles. The average molecular weight is 1160 g/mol. The molecule has 21 nitrogen and oxygen atoms in total. The van der Waals surface area contributed by atoms with E-state index < -0.39 is 59.6 Å². The van der Waals surface area contributed by atoms with Crippen molar-refractivity contribution in [1.29, 1.82) is 0 Å². The fourth-order valence-electron chi connectivity index (χ4n) is 9.27. The van der Waals surface area contributed by atoms with Gasteiger partial charge in [-0.3, -0.25) is 19.4 Å². The molecule has 4 heterocycles. The Bertz CT molecular complexity index is 2800. The first-order chi connectivity index (χ1) is 39.5. The van der Waals surface area contributed by atoms with E-state index in [0.717, 1.165) is 68.1 Å². The van der Waals surface area contributed by atoms with Crippen LogP contribution in [0.2, 0.25) is 0 Å². The number of carboxylic acids is 1. The molecule has 4 N–H and O–H groups in total. The Balaban J connectivity index is 0.000000226. The van der Waals surface area contributed by atoms with E-state index in [1.807, 2.05) is 63.2 Å². The maximum Gasteiger partial charge on any atom is 0.414 e. The summed E-state index contributed by atoms with van der Waals surface area (Å²) in [5.41, 5.74) is 2.83. The lowest BCUT2D eigenvalue weighted by Crippen LogP contribution is -2.49. The van der Waals surface area contributed by atoms with Gasteiger partial charge < -0.3 is 64.2 Å². The molecule has 452 valence electrons. The van der Waals surface area contributed by atoms with E-state index >= 15 is 4.39 Å². The smallest absolute Gasteiger partial charge is 0.414 e. The van der Waals surface area contributed by atoms with E-state index in [4.69, 9.17) is 33.5 Å². The van der Waals surface area contributed by atoms with Gasteiger partial charge in [-0.05, 0) is 139 Å². The molecule has 4 aliphatic heterocycles. The summed E-state index contributed by atoms with van der Waals surface area (Å²) in [5.74, 6) is 0.181. The number of nitrogens with zero attached hydrogens (tertiary/aromatic N) is 5. The maximum absolute atomic E-state index is 15.2. The van der Waals surface area contributed by atoms with Crippen molar-refractivity contribution in [3.63, 3.8) is 0 Å². The number of carboxylic acid groups (broad SMARTS) is 1. The van der Waals surface area contributed by atoms with Crippen molar-refractivity contribution in [2.24, 2.45) is 0 Å². The summed E-state index contributed by atoms with van der Waals surface area (Å²) < 4.78 is 60.9. The molecule has 2 atom stereocenters. The summed E-state index contributed by atoms with van der Waals surface area (Å²) in [5, 5.41) is 16.9. The number of hydrogen-bond donors (Lipinski definition) is 4. The summed E-state index contributed by atoms with van der Waals surface area (Å²) in [6, 6.07) is 24.9. The van der Waals surface area contributed by atoms with Crippen LogP contribution in [0.1, 0.15) is 78.4 Å². The largest absolute Gasteiger partial charge is 0.497 e. The summed E-state index contributed by atoms with van der Waals surface area (Å²) in [6.07, 6.45) is 0.301. The topological polar surface area (TPSA) is 230 Å². The Morgan fingerprint density at radius 1 is 0.602 bits per heavy atom. The molecule has 0 aliphatic carbocycles. The number of aliphatic carboxylic acids is 1. The second-order valence-corrected chi connectivity index (χ2v) is 22.2. The van der Waals surface area contributed by atoms with Gasteiger partial charge in [0, 0.05) is 65.2 Å². The second-order valence-electron chi connectivity index (χ2n) is 22.2. The van der Waals surface area contributed by atoms with Gasteiger partial charge in [0.05, 0.1) is 63.1 Å². The lowest BCUT2D eigenvalue weighted by molar-refractivity contribution is -0.137. The Morgan fingerprint density at radius 3 is 1.40 bits per heavy atom. The normalized spacial score (nSPS) is 17.0. The highest BCUT2D eigenvalue weighted by molar-refractivity contribution is 5.91. The number of carbonyl (C=O) groups is 6. The van der Waals surface area contributed by atoms with E-state index in [0.29, 0.717) is 61.8 Å². The lowest BCUT2D eigenvalue weighted by atomic mass is 10.1. The third kappa shape index (κ3) is 20.7. The number of hydrogen-bond acceptors (Lipinski definition) is 15. The van der Waals surface area contributed by atoms with Crippen LogP contribution < -0.4 is 45.0 Å². The van der Waals surface area contributed by atoms with Gasteiger partial charge in [-0.2, -0.15) is 0 Å². The molecule has 4 aromatic rings. The van der Waals surface area contributed by atoms with Gasteiger partial charge in [0.1, 0.15) is 46.5 Å². The molecule has 4 fully saturated rings. The van der Waals surface area contributed by atoms with Crippen molar-refractivity contribution in [3.05, 3.63) is 108 Å². The molecule has 0 bridgehead atoms. The molecule has 0 unspecified atom stereocenters. The van der Waals surface area contributed by atoms with Crippen molar-refractivity contribution in [3.8, 4) is 11.5 Å². The number of ether oxygens (including phenoxy) is 6. The van der Waals surface area contributed by atoms with E-state index in [-0.39, 0.29) is 44.3 Å². The zero-order chi connectivity index (χ0) is 60.3. The molecule has 4 saturated heterocycles. The SMILES string of the molecule is CC(C)(C)OC(=O)NC[C@H]1CN(c2ccc(N3CCNCC3)c(F)c2)C(=O)O1.COc1ccc(CCCC(=O)N2CCN(c3ccc(N4C[C@H](CNC(=O)OC(C)(C)C)OC4=O)cc3F)CC2)cc1.COc1ccc(CCCC(=O)O)cc1. The molecule has 0 saturated carbocycles. The number of anilines is 4. The fourth-order valence-corrected chi connectivity index (χ4v) is 9.27. The molecule has 0 spiro atoms. The van der Waals surface area contributed by atoms with Crippen LogP contribution in [0, 0.1) is 11.6 Å². The number of methoxy groups -OCH3 is 2. The predicted octanol–water partition coefficient (Wildman–Crippen LogP) is 8.54. The first-order valence-corrected chi connectivity index (χ1v) is 27.9. The monoisotopic (exact) mass is 1160 g/mol. The minimum absolute atomic E-state index is 0.0855. The molecular formula is C60H80F2N8O13. The van der Waals surface area contributed by atoms with Crippen LogP contribution in [0.25, 0.3) is 0 Å². The summed E-state index contributed by atoms with van der Waals surface area (Å²) in [6.45, 7) is 16.4. The number of cyclic esters (lactones) is 2. The van der Waals surface area contributed by atoms with Gasteiger partial charge >= 0.3 is 30.3 Å². The zero-order valence-electron chi connectivity index (χ0n) is 48.8. The van der Waals surface area contributed by atoms with Crippen LogP contribution >= 0.6 is 0 Å². The Hall–Kier alpha value is -8.08. The number of halogens is 2. The number of carbonyl (C=O) groups excluding carboxylic acids is 5. The quantitative estimate of drug-likeness (QED) is 0.0684. The first-order valence-electron chi connectivity index (χ1n) is 27.9. The summed E-state index contributed by atoms with van der Waals surface area (Å²) in [7, 11) is 3.26. The average Bonchev–Trinajstić information content (AvgIpc) is 4.29. The minimum Gasteiger partial charge on any atom is -0.497 e. The third-order valence-electron chi connectivity index (χ3n) is 13.4. The van der Waals surface area contributed by atoms with E-state index in [1.165, 1.54) is 21.9 Å². The fraction of sp³-hybridized carbons (Fsp3) is 0.500. The second kappa shape index (κ2) is 30.3. The van der Waals surface area contributed by atoms with E-state index in [9.17, 15) is 33.2 Å². The molecule has 8 rings (SSSR count). The lowest BCUT2D eigenvalue weighted by Gasteiger charge is -2.36. The van der Waals surface area contributed by atoms with Crippen molar-refractivity contribution < 1.29 is 71.1 Å². The van der Waals surface area contributed by atoms with Crippen molar-refractivity contribution in [2.45, 2.75) is 103 Å². The molecule has 83 heavy (non-hydrogen) atoms. The molecular weight excluding hydrogens is 1080 g/mol. The van der Waals surface area contributed by atoms with Crippen LogP contribution in [0.4, 0.5) is 50.7 Å². The van der Waals surface area contributed by atoms with E-state index in [1.54, 1.807) is 80.0 Å². The van der Waals surface area contributed by atoms with Crippen LogP contribution in [-0.2, 0) is 41.4 Å². The minimum atomic E-state index is -0.737. The zero-order valence-corrected chi connectivity index (χ0v) is 48.8. The Kier molecular flexibility index (Phi) is 23.4. The van der Waals surface area contributed by atoms with Crippen molar-refractivity contribution in [1.82, 2.24) is 20.9 Å². The Morgan fingerprint density at radius 2 is 1.01 bits per heavy atom. The number of aryl methyl sites for hydroxylation is 2. The molecule has 4 aromatic carbocycles. The number of amides is 5. The highest BCUT2D eigenvalue weighted by atomic mass is 19.1. The number of nitrogens with one attached hydrogen (secondary N) is 3. The van der Waals surface area contributed by atoms with Crippen molar-refractivity contribution in [2.75, 3.05) is 112 Å². The van der Waals surface area contributed by atoms with Gasteiger partial charge in [0.15, 0.2) is 0 Å². The third-order valence-corrected chi connectivity index (χ3v) is 13.4.